The topological polar surface area (TPSA) is 57.6 Å². The van der Waals surface area contributed by atoms with Gasteiger partial charge in [0.05, 0.1) is 12.3 Å². The Morgan fingerprint density at radius 2 is 1.74 bits per heavy atom. The fourth-order valence-electron chi connectivity index (χ4n) is 1.85. The standard InChI is InChI=1S/C15H21NO3/c1-11(2)16(10-12(3)15(18)19)14(17)9-13-7-5-4-6-8-13/h4-8,11-12H,9-10H2,1-3H3,(H,18,19). The van der Waals surface area contributed by atoms with Gasteiger partial charge in [0.2, 0.25) is 5.91 Å². The van der Waals surface area contributed by atoms with Gasteiger partial charge >= 0.3 is 5.97 Å². The van der Waals surface area contributed by atoms with Crippen LogP contribution in [0.15, 0.2) is 30.3 Å². The first kappa shape index (κ1) is 15.2. The summed E-state index contributed by atoms with van der Waals surface area (Å²) in [6.45, 7) is 5.67. The monoisotopic (exact) mass is 263 g/mol. The molecule has 0 aliphatic carbocycles. The van der Waals surface area contributed by atoms with Crippen LogP contribution in [-0.2, 0) is 16.0 Å². The summed E-state index contributed by atoms with van der Waals surface area (Å²) in [6, 6.07) is 9.48. The minimum Gasteiger partial charge on any atom is -0.481 e. The van der Waals surface area contributed by atoms with Crippen LogP contribution in [0.5, 0.6) is 0 Å². The summed E-state index contributed by atoms with van der Waals surface area (Å²) >= 11 is 0. The number of carboxylic acid groups (broad SMARTS) is 1. The van der Waals surface area contributed by atoms with E-state index < -0.39 is 11.9 Å². The Morgan fingerprint density at radius 3 is 2.21 bits per heavy atom. The SMILES string of the molecule is CC(CN(C(=O)Cc1ccccc1)C(C)C)C(=O)O. The van der Waals surface area contributed by atoms with Crippen LogP contribution in [0.25, 0.3) is 0 Å². The van der Waals surface area contributed by atoms with Gasteiger partial charge in [0.25, 0.3) is 0 Å². The molecule has 1 aromatic carbocycles. The van der Waals surface area contributed by atoms with Gasteiger partial charge in [-0.15, -0.1) is 0 Å². The normalized spacial score (nSPS) is 12.2. The van der Waals surface area contributed by atoms with Crippen molar-refractivity contribution in [2.24, 2.45) is 5.92 Å². The molecule has 0 aliphatic heterocycles. The van der Waals surface area contributed by atoms with E-state index in [1.807, 2.05) is 44.2 Å². The molecule has 0 bridgehead atoms. The lowest BCUT2D eigenvalue weighted by Crippen LogP contribution is -2.42. The number of amides is 1. The van der Waals surface area contributed by atoms with E-state index in [9.17, 15) is 9.59 Å². The summed E-state index contributed by atoms with van der Waals surface area (Å²) in [4.78, 5) is 24.8. The van der Waals surface area contributed by atoms with Crippen LogP contribution in [0.3, 0.4) is 0 Å². The molecule has 4 heteroatoms. The Balaban J connectivity index is 2.71. The van der Waals surface area contributed by atoms with E-state index in [1.54, 1.807) is 11.8 Å². The number of carbonyl (C=O) groups is 2. The zero-order chi connectivity index (χ0) is 14.4. The van der Waals surface area contributed by atoms with Crippen LogP contribution < -0.4 is 0 Å². The molecule has 0 radical (unpaired) electrons. The molecule has 0 saturated carbocycles. The van der Waals surface area contributed by atoms with Gasteiger partial charge in [0.1, 0.15) is 0 Å². The number of benzene rings is 1. The number of carbonyl (C=O) groups excluding carboxylic acids is 1. The molecule has 4 nitrogen and oxygen atoms in total. The highest BCUT2D eigenvalue weighted by atomic mass is 16.4. The highest BCUT2D eigenvalue weighted by molar-refractivity contribution is 5.80. The van der Waals surface area contributed by atoms with Crippen molar-refractivity contribution < 1.29 is 14.7 Å². The van der Waals surface area contributed by atoms with E-state index in [0.29, 0.717) is 6.42 Å². The first-order valence-corrected chi connectivity index (χ1v) is 6.48. The van der Waals surface area contributed by atoms with Crippen molar-refractivity contribution in [1.82, 2.24) is 4.90 Å². The van der Waals surface area contributed by atoms with Crippen molar-refractivity contribution in [2.45, 2.75) is 33.2 Å². The van der Waals surface area contributed by atoms with E-state index >= 15 is 0 Å². The molecule has 1 amide bonds. The maximum absolute atomic E-state index is 12.2. The number of nitrogens with zero attached hydrogens (tertiary/aromatic N) is 1. The summed E-state index contributed by atoms with van der Waals surface area (Å²) in [7, 11) is 0. The Labute approximate surface area is 114 Å². The van der Waals surface area contributed by atoms with Crippen LogP contribution in [0.1, 0.15) is 26.3 Å². The van der Waals surface area contributed by atoms with Gasteiger partial charge in [0.15, 0.2) is 0 Å². The van der Waals surface area contributed by atoms with Crippen LogP contribution >= 0.6 is 0 Å². The molecule has 1 rings (SSSR count). The van der Waals surface area contributed by atoms with Gasteiger partial charge in [-0.2, -0.15) is 0 Å². The minimum atomic E-state index is -0.877. The lowest BCUT2D eigenvalue weighted by atomic mass is 10.1. The number of hydrogen-bond acceptors (Lipinski definition) is 2. The molecule has 0 aromatic heterocycles. The second-order valence-corrected chi connectivity index (χ2v) is 5.04. The molecule has 104 valence electrons. The largest absolute Gasteiger partial charge is 0.481 e. The lowest BCUT2D eigenvalue weighted by molar-refractivity contribution is -0.143. The number of hydrogen-bond donors (Lipinski definition) is 1. The summed E-state index contributed by atoms with van der Waals surface area (Å²) in [5, 5.41) is 8.95. The molecule has 0 fully saturated rings. The summed E-state index contributed by atoms with van der Waals surface area (Å²) in [6.07, 6.45) is 0.311. The van der Waals surface area contributed by atoms with E-state index in [4.69, 9.17) is 5.11 Å². The summed E-state index contributed by atoms with van der Waals surface area (Å²) in [5.41, 5.74) is 0.945. The Bertz CT molecular complexity index is 428. The molecule has 19 heavy (non-hydrogen) atoms. The predicted octanol–water partition coefficient (Wildman–Crippen LogP) is 2.19. The third-order valence-electron chi connectivity index (χ3n) is 3.03. The van der Waals surface area contributed by atoms with Crippen molar-refractivity contribution >= 4 is 11.9 Å². The molecule has 0 heterocycles. The third-order valence-corrected chi connectivity index (χ3v) is 3.03. The second kappa shape index (κ2) is 6.92. The van der Waals surface area contributed by atoms with Gasteiger partial charge in [-0.3, -0.25) is 9.59 Å². The zero-order valence-corrected chi connectivity index (χ0v) is 11.7. The van der Waals surface area contributed by atoms with Gasteiger partial charge < -0.3 is 10.0 Å². The van der Waals surface area contributed by atoms with E-state index in [1.165, 1.54) is 0 Å². The van der Waals surface area contributed by atoms with Crippen molar-refractivity contribution in [3.8, 4) is 0 Å². The van der Waals surface area contributed by atoms with Gasteiger partial charge in [0, 0.05) is 12.6 Å². The average Bonchev–Trinajstić information content (AvgIpc) is 2.36. The molecule has 1 unspecified atom stereocenters. The van der Waals surface area contributed by atoms with Crippen molar-refractivity contribution in [3.63, 3.8) is 0 Å². The molecule has 0 aliphatic rings. The van der Waals surface area contributed by atoms with Crippen LogP contribution in [-0.4, -0.2) is 34.5 Å². The highest BCUT2D eigenvalue weighted by Gasteiger charge is 2.22. The van der Waals surface area contributed by atoms with E-state index in [-0.39, 0.29) is 18.5 Å². The van der Waals surface area contributed by atoms with Crippen LogP contribution in [0.4, 0.5) is 0 Å². The molecule has 0 spiro atoms. The Kier molecular flexibility index (Phi) is 5.55. The number of aliphatic carboxylic acids is 1. The smallest absolute Gasteiger partial charge is 0.308 e. The average molecular weight is 263 g/mol. The first-order chi connectivity index (χ1) is 8.91. The molecule has 1 atom stereocenters. The predicted molar refractivity (Wildman–Crippen MR) is 73.8 cm³/mol. The Morgan fingerprint density at radius 1 is 1.16 bits per heavy atom. The maximum Gasteiger partial charge on any atom is 0.308 e. The molecule has 1 aromatic rings. The quantitative estimate of drug-likeness (QED) is 0.856. The third kappa shape index (κ3) is 4.73. The van der Waals surface area contributed by atoms with Gasteiger partial charge in [-0.1, -0.05) is 37.3 Å². The van der Waals surface area contributed by atoms with Crippen molar-refractivity contribution in [2.75, 3.05) is 6.54 Å². The zero-order valence-electron chi connectivity index (χ0n) is 11.7. The molecular weight excluding hydrogens is 242 g/mol. The molecular formula is C15H21NO3. The first-order valence-electron chi connectivity index (χ1n) is 6.48. The molecule has 0 saturated heterocycles. The van der Waals surface area contributed by atoms with Gasteiger partial charge in [-0.05, 0) is 19.4 Å². The second-order valence-electron chi connectivity index (χ2n) is 5.04. The fourth-order valence-corrected chi connectivity index (χ4v) is 1.85. The maximum atomic E-state index is 12.2. The fraction of sp³-hybridized carbons (Fsp3) is 0.467. The highest BCUT2D eigenvalue weighted by Crippen LogP contribution is 2.09. The minimum absolute atomic E-state index is 0.00184. The van der Waals surface area contributed by atoms with Gasteiger partial charge in [-0.25, -0.2) is 0 Å². The molecule has 1 N–H and O–H groups in total. The van der Waals surface area contributed by atoms with Crippen LogP contribution in [0.2, 0.25) is 0 Å². The van der Waals surface area contributed by atoms with Crippen LogP contribution in [0, 0.1) is 5.92 Å². The summed E-state index contributed by atoms with van der Waals surface area (Å²) < 4.78 is 0. The van der Waals surface area contributed by atoms with E-state index in [0.717, 1.165) is 5.56 Å². The lowest BCUT2D eigenvalue weighted by Gasteiger charge is -2.28. The number of carboxylic acids is 1. The number of rotatable bonds is 6. The van der Waals surface area contributed by atoms with E-state index in [2.05, 4.69) is 0 Å². The summed E-state index contributed by atoms with van der Waals surface area (Å²) in [5.74, 6) is -1.46. The van der Waals surface area contributed by atoms with Crippen molar-refractivity contribution in [3.05, 3.63) is 35.9 Å². The Hall–Kier alpha value is -1.84. The van der Waals surface area contributed by atoms with Crippen molar-refractivity contribution in [1.29, 1.82) is 0 Å².